The summed E-state index contributed by atoms with van der Waals surface area (Å²) < 4.78 is 0. The second kappa shape index (κ2) is 7.04. The highest BCUT2D eigenvalue weighted by atomic mass is 16.1. The molecule has 0 saturated heterocycles. The van der Waals surface area contributed by atoms with Gasteiger partial charge in [0, 0.05) is 12.1 Å². The maximum Gasteiger partial charge on any atom is 0.252 e. The Hall–Kier alpha value is -2.13. The molecule has 3 nitrogen and oxygen atoms in total. The zero-order valence-electron chi connectivity index (χ0n) is 12.6. The van der Waals surface area contributed by atoms with Crippen molar-refractivity contribution in [3.05, 3.63) is 70.3 Å². The van der Waals surface area contributed by atoms with Crippen molar-refractivity contribution in [2.75, 3.05) is 6.54 Å². The predicted octanol–water partition coefficient (Wildman–Crippen LogP) is 2.73. The molecule has 0 aliphatic carbocycles. The van der Waals surface area contributed by atoms with Crippen molar-refractivity contribution in [1.29, 1.82) is 0 Å². The Labute approximate surface area is 126 Å². The second-order valence-electron chi connectivity index (χ2n) is 5.30. The van der Waals surface area contributed by atoms with E-state index in [0.717, 1.165) is 28.7 Å². The van der Waals surface area contributed by atoms with Gasteiger partial charge in [-0.1, -0.05) is 42.5 Å². The number of nitrogens with two attached hydrogens (primary N) is 1. The number of carbonyl (C=O) groups excluding carboxylic acids is 1. The van der Waals surface area contributed by atoms with Gasteiger partial charge in [-0.05, 0) is 49.1 Å². The minimum Gasteiger partial charge on any atom is -0.348 e. The van der Waals surface area contributed by atoms with Crippen molar-refractivity contribution in [3.8, 4) is 0 Å². The van der Waals surface area contributed by atoms with Crippen molar-refractivity contribution in [3.63, 3.8) is 0 Å². The van der Waals surface area contributed by atoms with E-state index in [1.165, 1.54) is 5.56 Å². The summed E-state index contributed by atoms with van der Waals surface area (Å²) in [5.41, 5.74) is 10.6. The average molecular weight is 282 g/mol. The Balaban J connectivity index is 2.01. The number of aryl methyl sites for hydroxylation is 2. The van der Waals surface area contributed by atoms with Gasteiger partial charge < -0.3 is 11.1 Å². The lowest BCUT2D eigenvalue weighted by Gasteiger charge is -2.10. The van der Waals surface area contributed by atoms with Gasteiger partial charge >= 0.3 is 0 Å². The molecule has 2 aromatic rings. The number of hydrogen-bond acceptors (Lipinski definition) is 2. The molecule has 0 aliphatic rings. The van der Waals surface area contributed by atoms with Gasteiger partial charge in [0.25, 0.3) is 5.91 Å². The molecule has 0 aromatic heterocycles. The number of rotatable bonds is 5. The number of hydrogen-bond donors (Lipinski definition) is 2. The monoisotopic (exact) mass is 282 g/mol. The van der Waals surface area contributed by atoms with Crippen LogP contribution in [0.5, 0.6) is 0 Å². The van der Waals surface area contributed by atoms with Gasteiger partial charge in [0.1, 0.15) is 0 Å². The van der Waals surface area contributed by atoms with Crippen LogP contribution >= 0.6 is 0 Å². The van der Waals surface area contributed by atoms with E-state index >= 15 is 0 Å². The largest absolute Gasteiger partial charge is 0.348 e. The molecule has 0 aliphatic heterocycles. The van der Waals surface area contributed by atoms with Crippen LogP contribution in [0.15, 0.2) is 42.5 Å². The minimum absolute atomic E-state index is 0.0170. The van der Waals surface area contributed by atoms with Gasteiger partial charge in [-0.3, -0.25) is 4.79 Å². The van der Waals surface area contributed by atoms with E-state index in [1.807, 2.05) is 44.2 Å². The molecule has 0 spiro atoms. The maximum atomic E-state index is 12.3. The van der Waals surface area contributed by atoms with Gasteiger partial charge in [0.05, 0.1) is 0 Å². The fourth-order valence-corrected chi connectivity index (χ4v) is 2.43. The first kappa shape index (κ1) is 15.3. The normalized spacial score (nSPS) is 10.4. The molecule has 0 heterocycles. The lowest BCUT2D eigenvalue weighted by molar-refractivity contribution is 0.0949. The molecular weight excluding hydrogens is 260 g/mol. The first-order valence-electron chi connectivity index (χ1n) is 7.24. The first-order valence-corrected chi connectivity index (χ1v) is 7.24. The van der Waals surface area contributed by atoms with Crippen LogP contribution < -0.4 is 11.1 Å². The SMILES string of the molecule is Cc1cccc(C)c1C(=O)NCc1ccc(CCN)cc1. The second-order valence-corrected chi connectivity index (χ2v) is 5.30. The van der Waals surface area contributed by atoms with Crippen molar-refractivity contribution < 1.29 is 4.79 Å². The van der Waals surface area contributed by atoms with E-state index in [-0.39, 0.29) is 5.91 Å². The van der Waals surface area contributed by atoms with Crippen molar-refractivity contribution in [2.45, 2.75) is 26.8 Å². The summed E-state index contributed by atoms with van der Waals surface area (Å²) >= 11 is 0. The molecule has 2 rings (SSSR count). The Morgan fingerprint density at radius 1 is 1.00 bits per heavy atom. The summed E-state index contributed by atoms with van der Waals surface area (Å²) in [5.74, 6) is -0.0170. The fourth-order valence-electron chi connectivity index (χ4n) is 2.43. The highest BCUT2D eigenvalue weighted by molar-refractivity contribution is 5.96. The lowest BCUT2D eigenvalue weighted by Crippen LogP contribution is -2.24. The van der Waals surface area contributed by atoms with Crippen LogP contribution in [0.4, 0.5) is 0 Å². The molecular formula is C18H22N2O. The van der Waals surface area contributed by atoms with Crippen LogP contribution in [0.2, 0.25) is 0 Å². The van der Waals surface area contributed by atoms with Crippen molar-refractivity contribution in [1.82, 2.24) is 5.32 Å². The summed E-state index contributed by atoms with van der Waals surface area (Å²) in [4.78, 5) is 12.3. The third-order valence-corrected chi connectivity index (χ3v) is 3.62. The van der Waals surface area contributed by atoms with Crippen LogP contribution in [0.1, 0.15) is 32.6 Å². The molecule has 0 bridgehead atoms. The topological polar surface area (TPSA) is 55.1 Å². The lowest BCUT2D eigenvalue weighted by atomic mass is 10.0. The summed E-state index contributed by atoms with van der Waals surface area (Å²) in [6, 6.07) is 14.1. The van der Waals surface area contributed by atoms with Crippen LogP contribution in [-0.2, 0) is 13.0 Å². The summed E-state index contributed by atoms with van der Waals surface area (Å²) in [7, 11) is 0. The molecule has 0 radical (unpaired) electrons. The summed E-state index contributed by atoms with van der Waals surface area (Å²) in [5, 5.41) is 2.98. The highest BCUT2D eigenvalue weighted by Crippen LogP contribution is 2.13. The minimum atomic E-state index is -0.0170. The molecule has 110 valence electrons. The molecule has 21 heavy (non-hydrogen) atoms. The van der Waals surface area contributed by atoms with E-state index in [9.17, 15) is 4.79 Å². The van der Waals surface area contributed by atoms with E-state index < -0.39 is 0 Å². The smallest absolute Gasteiger partial charge is 0.252 e. The number of amides is 1. The predicted molar refractivity (Wildman–Crippen MR) is 86.3 cm³/mol. The number of carbonyl (C=O) groups is 1. The molecule has 3 N–H and O–H groups in total. The third-order valence-electron chi connectivity index (χ3n) is 3.62. The molecule has 0 saturated carbocycles. The Morgan fingerprint density at radius 3 is 2.14 bits per heavy atom. The standard InChI is InChI=1S/C18H22N2O/c1-13-4-3-5-14(2)17(13)18(21)20-12-16-8-6-15(7-9-16)10-11-19/h3-9H,10-12,19H2,1-2H3,(H,20,21). The molecule has 0 fully saturated rings. The Bertz CT molecular complexity index is 597. The summed E-state index contributed by atoms with van der Waals surface area (Å²) in [6.45, 7) is 5.12. The van der Waals surface area contributed by atoms with Crippen LogP contribution in [0.3, 0.4) is 0 Å². The molecule has 3 heteroatoms. The Morgan fingerprint density at radius 2 is 1.57 bits per heavy atom. The molecule has 0 atom stereocenters. The third kappa shape index (κ3) is 3.92. The van der Waals surface area contributed by atoms with Crippen LogP contribution in [-0.4, -0.2) is 12.5 Å². The van der Waals surface area contributed by atoms with Gasteiger partial charge in [0.2, 0.25) is 0 Å². The van der Waals surface area contributed by atoms with Gasteiger partial charge in [-0.2, -0.15) is 0 Å². The summed E-state index contributed by atoms with van der Waals surface area (Å²) in [6.07, 6.45) is 0.884. The molecule has 2 aromatic carbocycles. The number of nitrogens with one attached hydrogen (secondary N) is 1. The zero-order valence-corrected chi connectivity index (χ0v) is 12.6. The first-order chi connectivity index (χ1) is 10.1. The highest BCUT2D eigenvalue weighted by Gasteiger charge is 2.11. The van der Waals surface area contributed by atoms with Crippen LogP contribution in [0, 0.1) is 13.8 Å². The average Bonchev–Trinajstić information content (AvgIpc) is 2.47. The van der Waals surface area contributed by atoms with Crippen molar-refractivity contribution in [2.24, 2.45) is 5.73 Å². The van der Waals surface area contributed by atoms with E-state index in [2.05, 4.69) is 17.4 Å². The zero-order chi connectivity index (χ0) is 15.2. The van der Waals surface area contributed by atoms with Crippen molar-refractivity contribution >= 4 is 5.91 Å². The van der Waals surface area contributed by atoms with E-state index in [4.69, 9.17) is 5.73 Å². The maximum absolute atomic E-state index is 12.3. The Kier molecular flexibility index (Phi) is 5.12. The van der Waals surface area contributed by atoms with E-state index in [0.29, 0.717) is 13.1 Å². The van der Waals surface area contributed by atoms with Gasteiger partial charge in [-0.25, -0.2) is 0 Å². The van der Waals surface area contributed by atoms with Crippen LogP contribution in [0.25, 0.3) is 0 Å². The van der Waals surface area contributed by atoms with E-state index in [1.54, 1.807) is 0 Å². The van der Waals surface area contributed by atoms with Gasteiger partial charge in [0.15, 0.2) is 0 Å². The fraction of sp³-hybridized carbons (Fsp3) is 0.278. The van der Waals surface area contributed by atoms with Gasteiger partial charge in [-0.15, -0.1) is 0 Å². The quantitative estimate of drug-likeness (QED) is 0.886. The molecule has 0 unspecified atom stereocenters. The molecule has 1 amide bonds. The number of benzene rings is 2.